The Balaban J connectivity index is 1.89. The van der Waals surface area contributed by atoms with Gasteiger partial charge in [0.25, 0.3) is 0 Å². The fourth-order valence-corrected chi connectivity index (χ4v) is 5.14. The number of carbonyl (C=O) groups is 2. The second-order valence-corrected chi connectivity index (χ2v) is 10.1. The number of ketones is 1. The average molecular weight is 502 g/mol. The summed E-state index contributed by atoms with van der Waals surface area (Å²) < 4.78 is 36.7. The maximum absolute atomic E-state index is 13.1. The van der Waals surface area contributed by atoms with E-state index < -0.39 is 22.5 Å². The number of likely N-dealkylation sites (N-methyl/N-ethyl adjacent to an activating group) is 1. The average Bonchev–Trinajstić information content (AvgIpc) is 3.36. The van der Waals surface area contributed by atoms with Gasteiger partial charge in [0.05, 0.1) is 19.1 Å². The first kappa shape index (κ1) is 25.2. The van der Waals surface area contributed by atoms with Crippen molar-refractivity contribution in [1.29, 1.82) is 0 Å². The fraction of sp³-hybridized carbons (Fsp3) is 0.167. The number of carboxylic acids is 1. The summed E-state index contributed by atoms with van der Waals surface area (Å²) in [4.78, 5) is 24.8. The zero-order valence-corrected chi connectivity index (χ0v) is 20.4. The third-order valence-corrected chi connectivity index (χ3v) is 7.67. The molecule has 0 atom stereocenters. The summed E-state index contributed by atoms with van der Waals surface area (Å²) >= 11 is 1.52. The zero-order valence-electron chi connectivity index (χ0n) is 18.7. The summed E-state index contributed by atoms with van der Waals surface area (Å²) in [6, 6.07) is 13.2. The molecule has 1 aromatic heterocycles. The lowest BCUT2D eigenvalue weighted by Crippen LogP contribution is -2.31. The first-order valence-corrected chi connectivity index (χ1v) is 12.3. The highest BCUT2D eigenvalue weighted by atomic mass is 32.2. The number of ether oxygens (including phenoxy) is 2. The molecule has 0 fully saturated rings. The van der Waals surface area contributed by atoms with Crippen molar-refractivity contribution in [2.24, 2.45) is 0 Å². The number of allylic oxidation sites excluding steroid dienone is 1. The van der Waals surface area contributed by atoms with Crippen LogP contribution in [0.1, 0.15) is 15.9 Å². The lowest BCUT2D eigenvalue weighted by Gasteiger charge is -2.15. The number of hydrogen-bond donors (Lipinski definition) is 1. The minimum atomic E-state index is -3.94. The van der Waals surface area contributed by atoms with E-state index in [4.69, 9.17) is 14.6 Å². The van der Waals surface area contributed by atoms with Gasteiger partial charge in [-0.1, -0.05) is 24.3 Å². The Morgan fingerprint density at radius 2 is 1.76 bits per heavy atom. The van der Waals surface area contributed by atoms with Gasteiger partial charge in [-0.15, -0.1) is 11.3 Å². The van der Waals surface area contributed by atoms with Gasteiger partial charge in [-0.25, -0.2) is 8.42 Å². The van der Waals surface area contributed by atoms with E-state index in [0.717, 1.165) is 14.7 Å². The van der Waals surface area contributed by atoms with Crippen molar-refractivity contribution < 1.29 is 32.6 Å². The highest BCUT2D eigenvalue weighted by Crippen LogP contribution is 2.40. The Morgan fingerprint density at radius 1 is 1.06 bits per heavy atom. The number of thiophene rings is 1. The molecule has 1 N–H and O–H groups in total. The van der Waals surface area contributed by atoms with E-state index in [2.05, 4.69) is 0 Å². The van der Waals surface area contributed by atoms with Crippen molar-refractivity contribution >= 4 is 39.2 Å². The zero-order chi connectivity index (χ0) is 24.9. The smallest absolute Gasteiger partial charge is 0.318 e. The summed E-state index contributed by atoms with van der Waals surface area (Å²) in [6.07, 6.45) is 2.91. The van der Waals surface area contributed by atoms with Crippen molar-refractivity contribution in [3.05, 3.63) is 71.1 Å². The summed E-state index contributed by atoms with van der Waals surface area (Å²) in [5.74, 6) is -0.822. The predicted octanol–water partition coefficient (Wildman–Crippen LogP) is 4.03. The van der Waals surface area contributed by atoms with Crippen molar-refractivity contribution in [3.8, 4) is 21.9 Å². The third-order valence-electron chi connectivity index (χ3n) is 4.95. The molecule has 0 aliphatic rings. The van der Waals surface area contributed by atoms with Crippen LogP contribution >= 0.6 is 11.3 Å². The molecule has 0 radical (unpaired) electrons. The number of rotatable bonds is 10. The van der Waals surface area contributed by atoms with E-state index in [1.807, 2.05) is 23.6 Å². The molecule has 34 heavy (non-hydrogen) atoms. The number of carboxylic acid groups (broad SMARTS) is 1. The number of methoxy groups -OCH3 is 2. The van der Waals surface area contributed by atoms with Gasteiger partial charge < -0.3 is 14.6 Å². The summed E-state index contributed by atoms with van der Waals surface area (Å²) in [6.45, 7) is -0.646. The first-order chi connectivity index (χ1) is 16.2. The van der Waals surface area contributed by atoms with Crippen LogP contribution in [0.4, 0.5) is 0 Å². The molecule has 0 saturated carbocycles. The van der Waals surface area contributed by atoms with Crippen LogP contribution in [0.3, 0.4) is 0 Å². The molecule has 10 heteroatoms. The highest BCUT2D eigenvalue weighted by molar-refractivity contribution is 7.89. The number of hydrogen-bond acceptors (Lipinski definition) is 7. The summed E-state index contributed by atoms with van der Waals surface area (Å²) in [7, 11) is 0.221. The van der Waals surface area contributed by atoms with E-state index in [9.17, 15) is 18.0 Å². The number of benzene rings is 2. The van der Waals surface area contributed by atoms with Gasteiger partial charge in [0.1, 0.15) is 23.6 Å². The van der Waals surface area contributed by atoms with Gasteiger partial charge in [-0.05, 0) is 47.4 Å². The Kier molecular flexibility index (Phi) is 7.87. The molecule has 0 bridgehead atoms. The molecule has 0 aliphatic carbocycles. The van der Waals surface area contributed by atoms with Crippen LogP contribution in [0.15, 0.2) is 64.9 Å². The Hall–Kier alpha value is -3.47. The molecule has 2 aromatic carbocycles. The molecule has 0 aliphatic heterocycles. The number of sulfonamides is 1. The molecule has 8 nitrogen and oxygen atoms in total. The van der Waals surface area contributed by atoms with E-state index in [-0.39, 0.29) is 16.2 Å². The largest absolute Gasteiger partial charge is 0.496 e. The van der Waals surface area contributed by atoms with Crippen LogP contribution in [0.25, 0.3) is 16.5 Å². The summed E-state index contributed by atoms with van der Waals surface area (Å²) in [5, 5.41) is 10.8. The second-order valence-electron chi connectivity index (χ2n) is 7.12. The molecule has 3 aromatic rings. The van der Waals surface area contributed by atoms with Gasteiger partial charge in [-0.3, -0.25) is 9.59 Å². The molecule has 1 heterocycles. The van der Waals surface area contributed by atoms with Crippen LogP contribution in [0, 0.1) is 0 Å². The van der Waals surface area contributed by atoms with Crippen LogP contribution in [-0.4, -0.2) is 57.4 Å². The van der Waals surface area contributed by atoms with Crippen molar-refractivity contribution in [2.75, 3.05) is 27.8 Å². The predicted molar refractivity (Wildman–Crippen MR) is 130 cm³/mol. The van der Waals surface area contributed by atoms with Gasteiger partial charge >= 0.3 is 5.97 Å². The van der Waals surface area contributed by atoms with E-state index in [1.54, 1.807) is 12.1 Å². The standard InChI is InChI=1S/C24H23NO7S2/c1-25(15-22(27)28)34(29,30)17-9-6-16(7-10-17)8-12-19(26)23-20(31-2)13-11-18(24(23)32-3)21-5-4-14-33-21/h4-14H,15H2,1-3H3,(H,27,28). The monoisotopic (exact) mass is 501 g/mol. The van der Waals surface area contributed by atoms with Gasteiger partial charge in [0.2, 0.25) is 10.0 Å². The Labute approximate surface area is 201 Å². The normalized spacial score (nSPS) is 11.6. The van der Waals surface area contributed by atoms with Crippen LogP contribution in [0.2, 0.25) is 0 Å². The maximum atomic E-state index is 13.1. The van der Waals surface area contributed by atoms with E-state index in [1.165, 1.54) is 62.9 Å². The van der Waals surface area contributed by atoms with Crippen molar-refractivity contribution in [2.45, 2.75) is 4.90 Å². The van der Waals surface area contributed by atoms with Gasteiger partial charge in [0.15, 0.2) is 5.78 Å². The van der Waals surface area contributed by atoms with E-state index in [0.29, 0.717) is 17.1 Å². The Morgan fingerprint density at radius 3 is 2.32 bits per heavy atom. The number of carbonyl (C=O) groups excluding carboxylic acids is 1. The van der Waals surface area contributed by atoms with Crippen molar-refractivity contribution in [1.82, 2.24) is 4.31 Å². The van der Waals surface area contributed by atoms with Crippen LogP contribution < -0.4 is 9.47 Å². The highest BCUT2D eigenvalue weighted by Gasteiger charge is 2.23. The molecule has 0 saturated heterocycles. The molecule has 0 unspecified atom stereocenters. The second kappa shape index (κ2) is 10.6. The minimum absolute atomic E-state index is 0.0493. The number of nitrogens with zero attached hydrogens (tertiary/aromatic N) is 1. The summed E-state index contributed by atoms with van der Waals surface area (Å²) in [5.41, 5.74) is 1.64. The lowest BCUT2D eigenvalue weighted by molar-refractivity contribution is -0.137. The van der Waals surface area contributed by atoms with Gasteiger partial charge in [-0.2, -0.15) is 4.31 Å². The topological polar surface area (TPSA) is 110 Å². The molecular weight excluding hydrogens is 478 g/mol. The lowest BCUT2D eigenvalue weighted by atomic mass is 10.0. The first-order valence-electron chi connectivity index (χ1n) is 9.98. The SMILES string of the molecule is COc1ccc(-c2cccs2)c(OC)c1C(=O)C=Cc1ccc(S(=O)(=O)N(C)CC(=O)O)cc1. The molecule has 3 rings (SSSR count). The molecular formula is C24H23NO7S2. The molecule has 178 valence electrons. The third kappa shape index (κ3) is 5.36. The van der Waals surface area contributed by atoms with Crippen LogP contribution in [-0.2, 0) is 14.8 Å². The number of aliphatic carboxylic acids is 1. The quantitative estimate of drug-likeness (QED) is 0.330. The van der Waals surface area contributed by atoms with Gasteiger partial charge in [0, 0.05) is 17.5 Å². The molecule has 0 amide bonds. The maximum Gasteiger partial charge on any atom is 0.318 e. The fourth-order valence-electron chi connectivity index (χ4n) is 3.27. The van der Waals surface area contributed by atoms with Crippen LogP contribution in [0.5, 0.6) is 11.5 Å². The Bertz CT molecular complexity index is 1310. The molecule has 0 spiro atoms. The van der Waals surface area contributed by atoms with E-state index >= 15 is 0 Å². The minimum Gasteiger partial charge on any atom is -0.496 e. The van der Waals surface area contributed by atoms with Crippen molar-refractivity contribution in [3.63, 3.8) is 0 Å².